The summed E-state index contributed by atoms with van der Waals surface area (Å²) >= 11 is 6.06. The third-order valence-electron chi connectivity index (χ3n) is 4.52. The minimum Gasteiger partial charge on any atom is -0.452 e. The van der Waals surface area contributed by atoms with Gasteiger partial charge in [0.15, 0.2) is 12.4 Å². The van der Waals surface area contributed by atoms with Crippen LogP contribution in [0.5, 0.6) is 0 Å². The number of hydrogen-bond acceptors (Lipinski definition) is 5. The predicted molar refractivity (Wildman–Crippen MR) is 113 cm³/mol. The molecule has 0 aliphatic rings. The van der Waals surface area contributed by atoms with Crippen LogP contribution in [0.3, 0.4) is 0 Å². The number of nitrogens with one attached hydrogen (secondary N) is 1. The molecule has 4 aromatic rings. The van der Waals surface area contributed by atoms with Crippen molar-refractivity contribution in [3.8, 4) is 11.3 Å². The summed E-state index contributed by atoms with van der Waals surface area (Å²) < 4.78 is 10.6. The van der Waals surface area contributed by atoms with Crippen molar-refractivity contribution in [3.05, 3.63) is 88.9 Å². The molecule has 0 spiro atoms. The zero-order valence-corrected chi connectivity index (χ0v) is 16.6. The highest BCUT2D eigenvalue weighted by molar-refractivity contribution is 6.31. The van der Waals surface area contributed by atoms with E-state index in [9.17, 15) is 9.59 Å². The van der Waals surface area contributed by atoms with E-state index in [0.29, 0.717) is 27.2 Å². The van der Waals surface area contributed by atoms with Crippen molar-refractivity contribution in [2.24, 2.45) is 0 Å². The average Bonchev–Trinajstić information content (AvgIpc) is 3.21. The molecule has 0 aliphatic carbocycles. The molecule has 0 saturated heterocycles. The van der Waals surface area contributed by atoms with Gasteiger partial charge in [0.05, 0.1) is 10.9 Å². The van der Waals surface area contributed by atoms with Crippen LogP contribution in [-0.2, 0) is 16.1 Å². The van der Waals surface area contributed by atoms with Crippen LogP contribution < -0.4 is 5.32 Å². The molecule has 0 unspecified atom stereocenters. The van der Waals surface area contributed by atoms with E-state index in [1.54, 1.807) is 24.3 Å². The highest BCUT2D eigenvalue weighted by atomic mass is 35.5. The number of aromatic nitrogens is 1. The summed E-state index contributed by atoms with van der Waals surface area (Å²) in [4.78, 5) is 24.4. The molecule has 0 aliphatic heterocycles. The Balaban J connectivity index is 1.41. The fourth-order valence-corrected chi connectivity index (χ4v) is 3.17. The Morgan fingerprint density at radius 1 is 1.00 bits per heavy atom. The Labute approximate surface area is 177 Å². The Morgan fingerprint density at radius 2 is 1.77 bits per heavy atom. The van der Waals surface area contributed by atoms with E-state index in [0.717, 1.165) is 11.1 Å². The zero-order chi connectivity index (χ0) is 20.9. The fourth-order valence-electron chi connectivity index (χ4n) is 2.97. The maximum atomic E-state index is 12.4. The van der Waals surface area contributed by atoms with Gasteiger partial charge < -0.3 is 14.6 Å². The summed E-state index contributed by atoms with van der Waals surface area (Å²) in [5.74, 6) is -0.456. The molecule has 3 aromatic carbocycles. The van der Waals surface area contributed by atoms with Crippen LogP contribution >= 0.6 is 11.6 Å². The van der Waals surface area contributed by atoms with E-state index in [-0.39, 0.29) is 6.54 Å². The van der Waals surface area contributed by atoms with Crippen molar-refractivity contribution in [1.82, 2.24) is 10.5 Å². The van der Waals surface area contributed by atoms with Crippen LogP contribution in [0.1, 0.15) is 15.9 Å². The maximum Gasteiger partial charge on any atom is 0.338 e. The second-order valence-electron chi connectivity index (χ2n) is 6.55. The van der Waals surface area contributed by atoms with Gasteiger partial charge in [-0.1, -0.05) is 65.3 Å². The van der Waals surface area contributed by atoms with Gasteiger partial charge in [0, 0.05) is 17.1 Å². The largest absolute Gasteiger partial charge is 0.452 e. The Kier molecular flexibility index (Phi) is 5.77. The van der Waals surface area contributed by atoms with Crippen molar-refractivity contribution in [2.45, 2.75) is 6.54 Å². The summed E-state index contributed by atoms with van der Waals surface area (Å²) in [7, 11) is 0. The standard InChI is InChI=1S/C23H17ClN2O4/c24-19-9-5-4-8-17(19)13-25-21(27)14-29-23(28)16-10-11-20-18(12-16)22(30-26-20)15-6-2-1-3-7-15/h1-12H,13-14H2,(H,25,27). The van der Waals surface area contributed by atoms with E-state index in [2.05, 4.69) is 10.5 Å². The number of benzene rings is 3. The van der Waals surface area contributed by atoms with E-state index < -0.39 is 18.5 Å². The smallest absolute Gasteiger partial charge is 0.338 e. The second-order valence-corrected chi connectivity index (χ2v) is 6.96. The Bertz CT molecular complexity index is 1200. The summed E-state index contributed by atoms with van der Waals surface area (Å²) in [6.45, 7) is -0.139. The molecule has 0 bridgehead atoms. The van der Waals surface area contributed by atoms with Crippen molar-refractivity contribution in [2.75, 3.05) is 6.61 Å². The lowest BCUT2D eigenvalue weighted by Gasteiger charge is -2.08. The molecule has 1 aromatic heterocycles. The summed E-state index contributed by atoms with van der Waals surface area (Å²) in [6.07, 6.45) is 0. The monoisotopic (exact) mass is 420 g/mol. The van der Waals surface area contributed by atoms with Gasteiger partial charge >= 0.3 is 5.97 Å². The molecule has 6 nitrogen and oxygen atoms in total. The normalized spacial score (nSPS) is 10.7. The molecule has 150 valence electrons. The van der Waals surface area contributed by atoms with Crippen LogP contribution in [-0.4, -0.2) is 23.6 Å². The van der Waals surface area contributed by atoms with E-state index in [1.807, 2.05) is 48.5 Å². The lowest BCUT2D eigenvalue weighted by atomic mass is 10.1. The fraction of sp³-hybridized carbons (Fsp3) is 0.0870. The van der Waals surface area contributed by atoms with Crippen LogP contribution in [0.4, 0.5) is 0 Å². The van der Waals surface area contributed by atoms with Gasteiger partial charge in [0.25, 0.3) is 5.91 Å². The summed E-state index contributed by atoms with van der Waals surface area (Å²) in [6, 6.07) is 21.6. The Hall–Kier alpha value is -3.64. The summed E-state index contributed by atoms with van der Waals surface area (Å²) in [5.41, 5.74) is 2.57. The van der Waals surface area contributed by atoms with Gasteiger partial charge in [-0.3, -0.25) is 4.79 Å². The first-order valence-corrected chi connectivity index (χ1v) is 9.62. The quantitative estimate of drug-likeness (QED) is 0.460. The topological polar surface area (TPSA) is 81.4 Å². The molecule has 7 heteroatoms. The highest BCUT2D eigenvalue weighted by Gasteiger charge is 2.15. The number of carbonyl (C=O) groups excluding carboxylic acids is 2. The number of hydrogen-bond donors (Lipinski definition) is 1. The SMILES string of the molecule is O=C(COC(=O)c1ccc2noc(-c3ccccc3)c2c1)NCc1ccccc1Cl. The van der Waals surface area contributed by atoms with Crippen molar-refractivity contribution < 1.29 is 18.8 Å². The Morgan fingerprint density at radius 3 is 2.57 bits per heavy atom. The van der Waals surface area contributed by atoms with Crippen LogP contribution in [0.15, 0.2) is 77.3 Å². The molecule has 1 heterocycles. The van der Waals surface area contributed by atoms with Gasteiger partial charge in [-0.2, -0.15) is 0 Å². The highest BCUT2D eigenvalue weighted by Crippen LogP contribution is 2.29. The van der Waals surface area contributed by atoms with E-state index in [4.69, 9.17) is 20.9 Å². The molecule has 0 radical (unpaired) electrons. The van der Waals surface area contributed by atoms with Crippen molar-refractivity contribution >= 4 is 34.4 Å². The number of ether oxygens (including phenoxy) is 1. The van der Waals surface area contributed by atoms with Crippen LogP contribution in [0.25, 0.3) is 22.2 Å². The molecule has 0 atom stereocenters. The number of esters is 1. The first-order valence-electron chi connectivity index (χ1n) is 9.24. The van der Waals surface area contributed by atoms with Crippen LogP contribution in [0, 0.1) is 0 Å². The first kappa shape index (κ1) is 19.7. The van der Waals surface area contributed by atoms with Gasteiger partial charge in [-0.15, -0.1) is 0 Å². The molecular formula is C23H17ClN2O4. The molecule has 4 rings (SSSR count). The zero-order valence-electron chi connectivity index (χ0n) is 15.8. The molecular weight excluding hydrogens is 404 g/mol. The number of rotatable bonds is 6. The number of nitrogens with zero attached hydrogens (tertiary/aromatic N) is 1. The molecule has 0 saturated carbocycles. The third kappa shape index (κ3) is 4.34. The summed E-state index contributed by atoms with van der Waals surface area (Å²) in [5, 5.41) is 7.96. The van der Waals surface area contributed by atoms with Gasteiger partial charge in [-0.05, 0) is 29.8 Å². The van der Waals surface area contributed by atoms with E-state index >= 15 is 0 Å². The first-order chi connectivity index (χ1) is 14.6. The lowest BCUT2D eigenvalue weighted by molar-refractivity contribution is -0.124. The lowest BCUT2D eigenvalue weighted by Crippen LogP contribution is -2.28. The van der Waals surface area contributed by atoms with Gasteiger partial charge in [-0.25, -0.2) is 4.79 Å². The van der Waals surface area contributed by atoms with Gasteiger partial charge in [0.1, 0.15) is 5.52 Å². The van der Waals surface area contributed by atoms with E-state index in [1.165, 1.54) is 0 Å². The van der Waals surface area contributed by atoms with Crippen molar-refractivity contribution in [1.29, 1.82) is 0 Å². The molecule has 1 N–H and O–H groups in total. The predicted octanol–water partition coefficient (Wildman–Crippen LogP) is 4.62. The minimum absolute atomic E-state index is 0.253. The average molecular weight is 421 g/mol. The second kappa shape index (κ2) is 8.80. The molecule has 1 amide bonds. The number of amides is 1. The molecule has 0 fully saturated rings. The number of halogens is 1. The van der Waals surface area contributed by atoms with Crippen LogP contribution in [0.2, 0.25) is 5.02 Å². The minimum atomic E-state index is -0.606. The van der Waals surface area contributed by atoms with Gasteiger partial charge in [0.2, 0.25) is 0 Å². The maximum absolute atomic E-state index is 12.4. The third-order valence-corrected chi connectivity index (χ3v) is 4.89. The number of carbonyl (C=O) groups is 2. The molecule has 30 heavy (non-hydrogen) atoms. The van der Waals surface area contributed by atoms with Crippen molar-refractivity contribution in [3.63, 3.8) is 0 Å². The number of fused-ring (bicyclic) bond motifs is 1.